The summed E-state index contributed by atoms with van der Waals surface area (Å²) in [7, 11) is 0. The standard InChI is InChI=1S/C7H13F/c1-5(2)6-4-7(6,3)8/h5-6H,4H2,1-3H3/t6-,7?/m1/s1. The Balaban J connectivity index is 2.37. The molecule has 0 aromatic heterocycles. The summed E-state index contributed by atoms with van der Waals surface area (Å²) in [5.74, 6) is 0.882. The van der Waals surface area contributed by atoms with Crippen molar-refractivity contribution in [3.8, 4) is 0 Å². The average molecular weight is 116 g/mol. The first kappa shape index (κ1) is 6.06. The van der Waals surface area contributed by atoms with Crippen molar-refractivity contribution in [2.75, 3.05) is 0 Å². The molecule has 0 saturated heterocycles. The highest BCUT2D eigenvalue weighted by molar-refractivity contribution is 5.01. The normalized spacial score (nSPS) is 45.4. The summed E-state index contributed by atoms with van der Waals surface area (Å²) < 4.78 is 12.7. The van der Waals surface area contributed by atoms with Crippen molar-refractivity contribution >= 4 is 0 Å². The highest BCUT2D eigenvalue weighted by atomic mass is 19.1. The van der Waals surface area contributed by atoms with Crippen molar-refractivity contribution in [3.63, 3.8) is 0 Å². The van der Waals surface area contributed by atoms with Gasteiger partial charge in [-0.3, -0.25) is 0 Å². The molecule has 0 aromatic rings. The first-order chi connectivity index (χ1) is 3.54. The minimum absolute atomic E-state index is 0.350. The summed E-state index contributed by atoms with van der Waals surface area (Å²) >= 11 is 0. The minimum atomic E-state index is -0.811. The van der Waals surface area contributed by atoms with Gasteiger partial charge in [-0.25, -0.2) is 4.39 Å². The Kier molecular flexibility index (Phi) is 1.10. The molecule has 1 heteroatoms. The number of alkyl halides is 1. The Morgan fingerprint density at radius 2 is 2.00 bits per heavy atom. The van der Waals surface area contributed by atoms with Crippen molar-refractivity contribution in [2.45, 2.75) is 32.9 Å². The van der Waals surface area contributed by atoms with Gasteiger partial charge >= 0.3 is 0 Å². The van der Waals surface area contributed by atoms with E-state index in [0.29, 0.717) is 11.8 Å². The molecule has 0 aromatic carbocycles. The summed E-state index contributed by atoms with van der Waals surface area (Å²) in [6, 6.07) is 0. The number of halogens is 1. The van der Waals surface area contributed by atoms with Gasteiger partial charge in [-0.05, 0) is 25.2 Å². The van der Waals surface area contributed by atoms with Crippen LogP contribution in [-0.2, 0) is 0 Å². The van der Waals surface area contributed by atoms with E-state index in [1.165, 1.54) is 0 Å². The van der Waals surface area contributed by atoms with Crippen molar-refractivity contribution < 1.29 is 4.39 Å². The summed E-state index contributed by atoms with van der Waals surface area (Å²) in [5.41, 5.74) is -0.811. The maximum atomic E-state index is 12.7. The third-order valence-electron chi connectivity index (χ3n) is 2.04. The van der Waals surface area contributed by atoms with E-state index >= 15 is 0 Å². The second kappa shape index (κ2) is 1.46. The largest absolute Gasteiger partial charge is 0.244 e. The lowest BCUT2D eigenvalue weighted by Gasteiger charge is -2.01. The summed E-state index contributed by atoms with van der Waals surface area (Å²) in [6.07, 6.45) is 0.782. The molecule has 1 unspecified atom stereocenters. The molecule has 0 amide bonds. The summed E-state index contributed by atoms with van der Waals surface area (Å²) in [6.45, 7) is 5.85. The van der Waals surface area contributed by atoms with Crippen molar-refractivity contribution in [1.82, 2.24) is 0 Å². The van der Waals surface area contributed by atoms with Gasteiger partial charge in [0.25, 0.3) is 0 Å². The van der Waals surface area contributed by atoms with Crippen molar-refractivity contribution in [1.29, 1.82) is 0 Å². The van der Waals surface area contributed by atoms with Gasteiger partial charge in [-0.15, -0.1) is 0 Å². The van der Waals surface area contributed by atoms with Gasteiger partial charge in [-0.1, -0.05) is 13.8 Å². The highest BCUT2D eigenvalue weighted by Crippen LogP contribution is 2.50. The van der Waals surface area contributed by atoms with E-state index in [1.54, 1.807) is 6.92 Å². The molecule has 48 valence electrons. The molecule has 0 nitrogen and oxygen atoms in total. The fraction of sp³-hybridized carbons (Fsp3) is 1.00. The third-order valence-corrected chi connectivity index (χ3v) is 2.04. The van der Waals surface area contributed by atoms with Crippen LogP contribution < -0.4 is 0 Å². The Labute approximate surface area is 50.1 Å². The highest BCUT2D eigenvalue weighted by Gasteiger charge is 2.52. The number of rotatable bonds is 1. The first-order valence-electron chi connectivity index (χ1n) is 3.23. The maximum Gasteiger partial charge on any atom is 0.111 e. The van der Waals surface area contributed by atoms with E-state index in [0.717, 1.165) is 6.42 Å². The van der Waals surface area contributed by atoms with Gasteiger partial charge in [0.2, 0.25) is 0 Å². The van der Waals surface area contributed by atoms with Crippen LogP contribution in [0.2, 0.25) is 0 Å². The van der Waals surface area contributed by atoms with Crippen LogP contribution in [-0.4, -0.2) is 5.67 Å². The second-order valence-electron chi connectivity index (χ2n) is 3.33. The molecule has 1 aliphatic rings. The van der Waals surface area contributed by atoms with Gasteiger partial charge < -0.3 is 0 Å². The predicted octanol–water partition coefficient (Wildman–Crippen LogP) is 2.39. The summed E-state index contributed by atoms with van der Waals surface area (Å²) in [5, 5.41) is 0. The monoisotopic (exact) mass is 116 g/mol. The molecule has 0 aliphatic heterocycles. The van der Waals surface area contributed by atoms with Gasteiger partial charge in [0, 0.05) is 0 Å². The Morgan fingerprint density at radius 3 is 2.00 bits per heavy atom. The Hall–Kier alpha value is -0.0700. The number of hydrogen-bond acceptors (Lipinski definition) is 0. The van der Waals surface area contributed by atoms with Crippen LogP contribution in [0.4, 0.5) is 4.39 Å². The van der Waals surface area contributed by atoms with E-state index < -0.39 is 5.67 Å². The molecule has 1 fully saturated rings. The van der Waals surface area contributed by atoms with E-state index in [-0.39, 0.29) is 0 Å². The van der Waals surface area contributed by atoms with Crippen LogP contribution in [0.3, 0.4) is 0 Å². The molecule has 0 spiro atoms. The molecular formula is C7H13F. The van der Waals surface area contributed by atoms with E-state index in [2.05, 4.69) is 13.8 Å². The zero-order valence-corrected chi connectivity index (χ0v) is 5.74. The SMILES string of the molecule is CC(C)[C@H]1CC1(C)F. The zero-order chi connectivity index (χ0) is 6.36. The fourth-order valence-corrected chi connectivity index (χ4v) is 1.30. The van der Waals surface area contributed by atoms with Crippen molar-refractivity contribution in [2.24, 2.45) is 11.8 Å². The van der Waals surface area contributed by atoms with Crippen LogP contribution in [0.15, 0.2) is 0 Å². The van der Waals surface area contributed by atoms with E-state index in [4.69, 9.17) is 0 Å². The smallest absolute Gasteiger partial charge is 0.111 e. The van der Waals surface area contributed by atoms with Crippen LogP contribution in [0.25, 0.3) is 0 Å². The zero-order valence-electron chi connectivity index (χ0n) is 5.74. The van der Waals surface area contributed by atoms with Gasteiger partial charge in [0.05, 0.1) is 0 Å². The fourth-order valence-electron chi connectivity index (χ4n) is 1.30. The van der Waals surface area contributed by atoms with Gasteiger partial charge in [0.1, 0.15) is 5.67 Å². The molecule has 8 heavy (non-hydrogen) atoms. The van der Waals surface area contributed by atoms with Gasteiger partial charge in [0.15, 0.2) is 0 Å². The molecule has 2 atom stereocenters. The van der Waals surface area contributed by atoms with Crippen LogP contribution in [0.1, 0.15) is 27.2 Å². The molecule has 0 bridgehead atoms. The molecule has 1 saturated carbocycles. The van der Waals surface area contributed by atoms with Gasteiger partial charge in [-0.2, -0.15) is 0 Å². The van der Waals surface area contributed by atoms with E-state index in [1.807, 2.05) is 0 Å². The van der Waals surface area contributed by atoms with Crippen LogP contribution >= 0.6 is 0 Å². The lowest BCUT2D eigenvalue weighted by Crippen LogP contribution is -2.01. The third kappa shape index (κ3) is 0.862. The van der Waals surface area contributed by atoms with Crippen LogP contribution in [0, 0.1) is 11.8 Å². The molecular weight excluding hydrogens is 103 g/mol. The topological polar surface area (TPSA) is 0 Å². The Bertz CT molecular complexity index is 94.6. The summed E-state index contributed by atoms with van der Waals surface area (Å²) in [4.78, 5) is 0. The van der Waals surface area contributed by atoms with Crippen molar-refractivity contribution in [3.05, 3.63) is 0 Å². The molecule has 1 rings (SSSR count). The first-order valence-corrected chi connectivity index (χ1v) is 3.23. The minimum Gasteiger partial charge on any atom is -0.244 e. The predicted molar refractivity (Wildman–Crippen MR) is 32.5 cm³/mol. The lowest BCUT2D eigenvalue weighted by atomic mass is 10.1. The molecule has 1 aliphatic carbocycles. The van der Waals surface area contributed by atoms with E-state index in [9.17, 15) is 4.39 Å². The lowest BCUT2D eigenvalue weighted by molar-refractivity contribution is 0.284. The second-order valence-corrected chi connectivity index (χ2v) is 3.33. The van der Waals surface area contributed by atoms with Crippen LogP contribution in [0.5, 0.6) is 0 Å². The molecule has 0 heterocycles. The molecule has 0 N–H and O–H groups in total. The Morgan fingerprint density at radius 1 is 1.62 bits per heavy atom. The number of hydrogen-bond donors (Lipinski definition) is 0. The quantitative estimate of drug-likeness (QED) is 0.493. The molecule has 0 radical (unpaired) electrons. The average Bonchev–Trinajstić information content (AvgIpc) is 2.13. The maximum absolute atomic E-state index is 12.7.